The monoisotopic (exact) mass is 333 g/mol. The van der Waals surface area contributed by atoms with Gasteiger partial charge in [-0.05, 0) is 30.0 Å². The molecule has 100 valence electrons. The predicted octanol–water partition coefficient (Wildman–Crippen LogP) is 1.55. The van der Waals surface area contributed by atoms with E-state index in [1.165, 1.54) is 6.33 Å². The molecular weight excluding hydrogens is 318 g/mol. The molecule has 0 aromatic carbocycles. The minimum atomic E-state index is 0.432. The van der Waals surface area contributed by atoms with E-state index in [4.69, 9.17) is 11.6 Å². The summed E-state index contributed by atoms with van der Waals surface area (Å²) in [5, 5.41) is 3.76. The largest absolute Gasteiger partial charge is 0.367 e. The van der Waals surface area contributed by atoms with Crippen LogP contribution in [0.5, 0.6) is 0 Å². The van der Waals surface area contributed by atoms with Gasteiger partial charge in [0.2, 0.25) is 0 Å². The van der Waals surface area contributed by atoms with Crippen LogP contribution < -0.4 is 5.32 Å². The van der Waals surface area contributed by atoms with E-state index in [9.17, 15) is 0 Å². The Labute approximate surface area is 121 Å². The van der Waals surface area contributed by atoms with E-state index in [0.29, 0.717) is 11.2 Å². The molecule has 0 spiro atoms. The van der Waals surface area contributed by atoms with E-state index in [2.05, 4.69) is 55.1 Å². The van der Waals surface area contributed by atoms with Gasteiger partial charge < -0.3 is 10.2 Å². The molecule has 1 aliphatic rings. The molecule has 1 aliphatic heterocycles. The zero-order chi connectivity index (χ0) is 13.1. The van der Waals surface area contributed by atoms with Gasteiger partial charge in [0, 0.05) is 32.2 Å². The van der Waals surface area contributed by atoms with Crippen molar-refractivity contribution in [3.05, 3.63) is 16.0 Å². The first-order valence-electron chi connectivity index (χ1n) is 5.86. The van der Waals surface area contributed by atoms with E-state index in [-0.39, 0.29) is 0 Å². The van der Waals surface area contributed by atoms with Gasteiger partial charge in [-0.15, -0.1) is 0 Å². The summed E-state index contributed by atoms with van der Waals surface area (Å²) in [6.45, 7) is 4.11. The zero-order valence-electron chi connectivity index (χ0n) is 10.5. The molecule has 1 aromatic heterocycles. The fourth-order valence-electron chi connectivity index (χ4n) is 2.01. The first kappa shape index (κ1) is 14.0. The Kier molecular flexibility index (Phi) is 4.77. The van der Waals surface area contributed by atoms with E-state index in [0.717, 1.165) is 36.5 Å². The molecule has 18 heavy (non-hydrogen) atoms. The van der Waals surface area contributed by atoms with Crippen LogP contribution in [0.2, 0.25) is 5.15 Å². The Balaban J connectivity index is 1.96. The Morgan fingerprint density at radius 1 is 1.44 bits per heavy atom. The molecule has 7 heteroatoms. The van der Waals surface area contributed by atoms with Gasteiger partial charge in [-0.25, -0.2) is 9.97 Å². The molecule has 1 N–H and O–H groups in total. The predicted molar refractivity (Wildman–Crippen MR) is 77.1 cm³/mol. The van der Waals surface area contributed by atoms with Crippen molar-refractivity contribution in [2.75, 3.05) is 45.6 Å². The number of rotatable bonds is 3. The zero-order valence-corrected chi connectivity index (χ0v) is 12.9. The van der Waals surface area contributed by atoms with Crippen LogP contribution in [0, 0.1) is 0 Å². The van der Waals surface area contributed by atoms with Crippen molar-refractivity contribution in [3.8, 4) is 0 Å². The highest BCUT2D eigenvalue weighted by molar-refractivity contribution is 9.10. The molecule has 2 rings (SSSR count). The standard InChI is InChI=1S/C11H17BrClN5/c1-17-3-4-18(2)8(6-17)5-14-11-9(12)10(13)15-7-16-11/h7-8H,3-6H2,1-2H3,(H,14,15,16). The lowest BCUT2D eigenvalue weighted by Gasteiger charge is -2.37. The number of hydrogen-bond donors (Lipinski definition) is 1. The first-order valence-corrected chi connectivity index (χ1v) is 7.03. The molecule has 0 saturated carbocycles. The average Bonchev–Trinajstić information content (AvgIpc) is 2.35. The number of hydrogen-bond acceptors (Lipinski definition) is 5. The Morgan fingerprint density at radius 3 is 3.00 bits per heavy atom. The highest BCUT2D eigenvalue weighted by Crippen LogP contribution is 2.26. The van der Waals surface area contributed by atoms with Crippen LogP contribution in [-0.2, 0) is 0 Å². The van der Waals surface area contributed by atoms with Gasteiger partial charge in [0.1, 0.15) is 17.3 Å². The van der Waals surface area contributed by atoms with E-state index < -0.39 is 0 Å². The molecule has 0 aliphatic carbocycles. The van der Waals surface area contributed by atoms with Gasteiger partial charge in [0.05, 0.1) is 4.47 Å². The summed E-state index contributed by atoms with van der Waals surface area (Å²) >= 11 is 9.32. The maximum atomic E-state index is 5.93. The number of nitrogens with one attached hydrogen (secondary N) is 1. The molecule has 1 fully saturated rings. The summed E-state index contributed by atoms with van der Waals surface area (Å²) in [5.74, 6) is 0.747. The topological polar surface area (TPSA) is 44.3 Å². The number of piperazine rings is 1. The summed E-state index contributed by atoms with van der Waals surface area (Å²) in [6.07, 6.45) is 1.46. The molecule has 0 amide bonds. The van der Waals surface area contributed by atoms with Crippen molar-refractivity contribution < 1.29 is 0 Å². The molecule has 5 nitrogen and oxygen atoms in total. The minimum Gasteiger partial charge on any atom is -0.367 e. The lowest BCUT2D eigenvalue weighted by Crippen LogP contribution is -2.52. The van der Waals surface area contributed by atoms with Crippen LogP contribution in [0.25, 0.3) is 0 Å². The molecule has 0 bridgehead atoms. The van der Waals surface area contributed by atoms with Crippen molar-refractivity contribution >= 4 is 33.3 Å². The highest BCUT2D eigenvalue weighted by Gasteiger charge is 2.22. The van der Waals surface area contributed by atoms with Crippen molar-refractivity contribution in [2.45, 2.75) is 6.04 Å². The van der Waals surface area contributed by atoms with Crippen molar-refractivity contribution in [1.29, 1.82) is 0 Å². The van der Waals surface area contributed by atoms with Crippen molar-refractivity contribution in [3.63, 3.8) is 0 Å². The SMILES string of the molecule is CN1CCN(C)C(CNc2ncnc(Cl)c2Br)C1. The van der Waals surface area contributed by atoms with E-state index in [1.54, 1.807) is 0 Å². The first-order chi connectivity index (χ1) is 8.58. The normalized spacial score (nSPS) is 22.1. The van der Waals surface area contributed by atoms with Crippen molar-refractivity contribution in [2.24, 2.45) is 0 Å². The summed E-state index contributed by atoms with van der Waals surface area (Å²) in [6, 6.07) is 0.476. The van der Waals surface area contributed by atoms with Crippen LogP contribution in [0.3, 0.4) is 0 Å². The lowest BCUT2D eigenvalue weighted by molar-refractivity contribution is 0.122. The van der Waals surface area contributed by atoms with Gasteiger partial charge in [0.15, 0.2) is 0 Å². The fourth-order valence-corrected chi connectivity index (χ4v) is 2.49. The van der Waals surface area contributed by atoms with E-state index in [1.807, 2.05) is 0 Å². The Morgan fingerprint density at radius 2 is 2.22 bits per heavy atom. The van der Waals surface area contributed by atoms with Gasteiger partial charge in [-0.1, -0.05) is 11.6 Å². The van der Waals surface area contributed by atoms with Crippen LogP contribution in [0.15, 0.2) is 10.8 Å². The second-order valence-electron chi connectivity index (χ2n) is 4.60. The fraction of sp³-hybridized carbons (Fsp3) is 0.636. The van der Waals surface area contributed by atoms with Gasteiger partial charge in [-0.2, -0.15) is 0 Å². The number of anilines is 1. The third-order valence-corrected chi connectivity index (χ3v) is 4.50. The highest BCUT2D eigenvalue weighted by atomic mass is 79.9. The molecule has 2 heterocycles. The lowest BCUT2D eigenvalue weighted by atomic mass is 10.2. The summed E-state index contributed by atoms with van der Waals surface area (Å²) in [7, 11) is 4.30. The van der Waals surface area contributed by atoms with Gasteiger partial charge in [0.25, 0.3) is 0 Å². The molecular formula is C11H17BrClN5. The number of aromatic nitrogens is 2. The quantitative estimate of drug-likeness (QED) is 0.850. The molecule has 1 atom stereocenters. The van der Waals surface area contributed by atoms with Crippen LogP contribution in [0.4, 0.5) is 5.82 Å². The third kappa shape index (κ3) is 3.32. The minimum absolute atomic E-state index is 0.432. The average molecular weight is 335 g/mol. The maximum absolute atomic E-state index is 5.93. The second kappa shape index (κ2) is 6.14. The summed E-state index contributed by atoms with van der Waals surface area (Å²) in [5.41, 5.74) is 0. The second-order valence-corrected chi connectivity index (χ2v) is 5.76. The number of likely N-dealkylation sites (N-methyl/N-ethyl adjacent to an activating group) is 2. The smallest absolute Gasteiger partial charge is 0.148 e. The van der Waals surface area contributed by atoms with Crippen molar-refractivity contribution in [1.82, 2.24) is 19.8 Å². The van der Waals surface area contributed by atoms with E-state index >= 15 is 0 Å². The van der Waals surface area contributed by atoms with Gasteiger partial charge >= 0.3 is 0 Å². The summed E-state index contributed by atoms with van der Waals surface area (Å²) in [4.78, 5) is 12.8. The molecule has 1 aromatic rings. The number of halogens is 2. The Bertz CT molecular complexity index is 416. The number of nitrogens with zero attached hydrogens (tertiary/aromatic N) is 4. The van der Waals surface area contributed by atoms with Gasteiger partial charge in [-0.3, -0.25) is 4.90 Å². The molecule has 0 radical (unpaired) electrons. The Hall–Kier alpha value is -0.430. The van der Waals surface area contributed by atoms with Crippen LogP contribution in [-0.4, -0.2) is 66.1 Å². The molecule has 1 unspecified atom stereocenters. The van der Waals surface area contributed by atoms with Crippen LogP contribution >= 0.6 is 27.5 Å². The summed E-state index contributed by atoms with van der Waals surface area (Å²) < 4.78 is 0.721. The third-order valence-electron chi connectivity index (χ3n) is 3.23. The van der Waals surface area contributed by atoms with Crippen LogP contribution in [0.1, 0.15) is 0 Å². The molecule has 1 saturated heterocycles. The maximum Gasteiger partial charge on any atom is 0.148 e.